The molecule has 104 valence electrons. The number of hydrazone groups is 1. The fraction of sp³-hybridized carbons (Fsp3) is 0.250. The van der Waals surface area contributed by atoms with E-state index in [9.17, 15) is 4.79 Å². The predicted octanol–water partition coefficient (Wildman–Crippen LogP) is 3.34. The van der Waals surface area contributed by atoms with Gasteiger partial charge in [0.15, 0.2) is 0 Å². The van der Waals surface area contributed by atoms with E-state index in [0.29, 0.717) is 11.3 Å². The maximum Gasteiger partial charge on any atom is 0.271 e. The van der Waals surface area contributed by atoms with E-state index in [1.165, 1.54) is 11.8 Å². The first-order valence-electron chi connectivity index (χ1n) is 6.44. The second kappa shape index (κ2) is 5.74. The van der Waals surface area contributed by atoms with Crippen LogP contribution in [0.15, 0.2) is 52.2 Å². The number of amides is 1. The van der Waals surface area contributed by atoms with Crippen molar-refractivity contribution in [3.8, 4) is 0 Å². The van der Waals surface area contributed by atoms with Crippen LogP contribution < -0.4 is 5.43 Å². The van der Waals surface area contributed by atoms with Crippen molar-refractivity contribution in [3.05, 3.63) is 59.5 Å². The zero-order valence-corrected chi connectivity index (χ0v) is 11.9. The third-order valence-electron chi connectivity index (χ3n) is 2.91. The van der Waals surface area contributed by atoms with E-state index >= 15 is 0 Å². The van der Waals surface area contributed by atoms with Crippen LogP contribution in [0.2, 0.25) is 0 Å². The van der Waals surface area contributed by atoms with E-state index < -0.39 is 0 Å². The Morgan fingerprint density at radius 3 is 2.45 bits per heavy atom. The largest absolute Gasteiger partial charge is 0.463 e. The first-order chi connectivity index (χ1) is 9.47. The molecule has 1 heterocycles. The van der Waals surface area contributed by atoms with Crippen molar-refractivity contribution >= 4 is 12.1 Å². The molecule has 0 spiro atoms. The van der Waals surface area contributed by atoms with Gasteiger partial charge in [-0.3, -0.25) is 4.79 Å². The Kier molecular flexibility index (Phi) is 4.03. The van der Waals surface area contributed by atoms with Gasteiger partial charge in [-0.05, 0) is 35.2 Å². The number of hydrogen-bond donors (Lipinski definition) is 1. The van der Waals surface area contributed by atoms with Crippen molar-refractivity contribution in [2.75, 3.05) is 0 Å². The molecule has 1 N–H and O–H groups in total. The number of rotatable bonds is 3. The standard InChI is InChI=1S/C16H18N2O2/c1-16(2,3)13-8-6-12(7-9-13)15(19)18-17-11-14-5-4-10-20-14/h4-11H,1-3H3,(H,18,19). The Labute approximate surface area is 118 Å². The Bertz CT molecular complexity index is 590. The molecule has 1 amide bonds. The van der Waals surface area contributed by atoms with Crippen molar-refractivity contribution in [3.63, 3.8) is 0 Å². The van der Waals surface area contributed by atoms with Crippen molar-refractivity contribution in [2.24, 2.45) is 5.10 Å². The quantitative estimate of drug-likeness (QED) is 0.687. The number of carbonyl (C=O) groups excluding carboxylic acids is 1. The summed E-state index contributed by atoms with van der Waals surface area (Å²) in [5.41, 5.74) is 4.31. The fourth-order valence-corrected chi connectivity index (χ4v) is 1.71. The van der Waals surface area contributed by atoms with Crippen molar-refractivity contribution in [1.82, 2.24) is 5.43 Å². The first kappa shape index (κ1) is 14.1. The molecule has 2 aromatic rings. The molecular weight excluding hydrogens is 252 g/mol. The summed E-state index contributed by atoms with van der Waals surface area (Å²) in [5.74, 6) is 0.349. The summed E-state index contributed by atoms with van der Waals surface area (Å²) in [7, 11) is 0. The average molecular weight is 270 g/mol. The number of furan rings is 1. The molecule has 0 radical (unpaired) electrons. The van der Waals surface area contributed by atoms with Crippen LogP contribution in [0.1, 0.15) is 42.5 Å². The molecule has 0 atom stereocenters. The molecule has 0 aliphatic rings. The molecule has 0 unspecified atom stereocenters. The minimum atomic E-state index is -0.242. The number of benzene rings is 1. The zero-order chi connectivity index (χ0) is 14.6. The molecular formula is C16H18N2O2. The van der Waals surface area contributed by atoms with Gasteiger partial charge in [-0.15, -0.1) is 0 Å². The lowest BCUT2D eigenvalue weighted by Crippen LogP contribution is -2.18. The average Bonchev–Trinajstić information content (AvgIpc) is 2.91. The highest BCUT2D eigenvalue weighted by atomic mass is 16.3. The molecule has 0 saturated heterocycles. The molecule has 4 nitrogen and oxygen atoms in total. The minimum absolute atomic E-state index is 0.0758. The van der Waals surface area contributed by atoms with Gasteiger partial charge in [0.05, 0.1) is 12.5 Å². The summed E-state index contributed by atoms with van der Waals surface area (Å²) >= 11 is 0. The van der Waals surface area contributed by atoms with Crippen LogP contribution in [-0.2, 0) is 5.41 Å². The van der Waals surface area contributed by atoms with Gasteiger partial charge >= 0.3 is 0 Å². The van der Waals surface area contributed by atoms with E-state index in [0.717, 1.165) is 0 Å². The molecule has 0 saturated carbocycles. The lowest BCUT2D eigenvalue weighted by molar-refractivity contribution is 0.0955. The Morgan fingerprint density at radius 2 is 1.90 bits per heavy atom. The molecule has 0 aliphatic carbocycles. The Morgan fingerprint density at radius 1 is 1.20 bits per heavy atom. The Hall–Kier alpha value is -2.36. The monoisotopic (exact) mass is 270 g/mol. The maximum absolute atomic E-state index is 11.9. The van der Waals surface area contributed by atoms with Crippen LogP contribution in [0.25, 0.3) is 0 Å². The Balaban J connectivity index is 1.99. The number of nitrogens with one attached hydrogen (secondary N) is 1. The number of nitrogens with zero attached hydrogens (tertiary/aromatic N) is 1. The molecule has 0 bridgehead atoms. The van der Waals surface area contributed by atoms with Gasteiger partial charge in [0.25, 0.3) is 5.91 Å². The predicted molar refractivity (Wildman–Crippen MR) is 78.9 cm³/mol. The lowest BCUT2D eigenvalue weighted by Gasteiger charge is -2.18. The molecule has 0 fully saturated rings. The molecule has 20 heavy (non-hydrogen) atoms. The van der Waals surface area contributed by atoms with E-state index in [1.807, 2.05) is 12.1 Å². The zero-order valence-electron chi connectivity index (χ0n) is 11.9. The second-order valence-electron chi connectivity index (χ2n) is 5.54. The molecule has 2 rings (SSSR count). The van der Waals surface area contributed by atoms with Gasteiger partial charge in [0.1, 0.15) is 5.76 Å². The molecule has 4 heteroatoms. The smallest absolute Gasteiger partial charge is 0.271 e. The third-order valence-corrected chi connectivity index (χ3v) is 2.91. The van der Waals surface area contributed by atoms with Gasteiger partial charge in [-0.2, -0.15) is 5.10 Å². The lowest BCUT2D eigenvalue weighted by atomic mass is 9.87. The maximum atomic E-state index is 11.9. The van der Waals surface area contributed by atoms with E-state index in [1.54, 1.807) is 30.5 Å². The van der Waals surface area contributed by atoms with E-state index in [-0.39, 0.29) is 11.3 Å². The van der Waals surface area contributed by atoms with Crippen LogP contribution >= 0.6 is 0 Å². The van der Waals surface area contributed by atoms with Crippen LogP contribution in [0.3, 0.4) is 0 Å². The summed E-state index contributed by atoms with van der Waals surface area (Å²) in [6.45, 7) is 6.40. The summed E-state index contributed by atoms with van der Waals surface area (Å²) in [6, 6.07) is 11.1. The summed E-state index contributed by atoms with van der Waals surface area (Å²) < 4.78 is 5.07. The fourth-order valence-electron chi connectivity index (χ4n) is 1.71. The van der Waals surface area contributed by atoms with Gasteiger partial charge in [0, 0.05) is 5.56 Å². The third kappa shape index (κ3) is 3.57. The highest BCUT2D eigenvalue weighted by Gasteiger charge is 2.14. The van der Waals surface area contributed by atoms with Crippen molar-refractivity contribution < 1.29 is 9.21 Å². The number of carbonyl (C=O) groups is 1. The second-order valence-corrected chi connectivity index (χ2v) is 5.54. The summed E-state index contributed by atoms with van der Waals surface area (Å²) in [5, 5.41) is 3.84. The normalized spacial score (nSPS) is 11.8. The van der Waals surface area contributed by atoms with Gasteiger partial charge < -0.3 is 4.42 Å². The van der Waals surface area contributed by atoms with Crippen LogP contribution in [0, 0.1) is 0 Å². The summed E-state index contributed by atoms with van der Waals surface area (Å²) in [6.07, 6.45) is 3.01. The SMILES string of the molecule is CC(C)(C)c1ccc(C(=O)NN=Cc2ccco2)cc1. The first-order valence-corrected chi connectivity index (χ1v) is 6.44. The minimum Gasteiger partial charge on any atom is -0.463 e. The highest BCUT2D eigenvalue weighted by molar-refractivity contribution is 5.94. The van der Waals surface area contributed by atoms with E-state index in [4.69, 9.17) is 4.42 Å². The van der Waals surface area contributed by atoms with Crippen molar-refractivity contribution in [1.29, 1.82) is 0 Å². The van der Waals surface area contributed by atoms with Crippen LogP contribution in [0.5, 0.6) is 0 Å². The van der Waals surface area contributed by atoms with Crippen LogP contribution in [0.4, 0.5) is 0 Å². The topological polar surface area (TPSA) is 54.6 Å². The molecule has 1 aromatic carbocycles. The van der Waals surface area contributed by atoms with E-state index in [2.05, 4.69) is 31.3 Å². The molecule has 0 aliphatic heterocycles. The van der Waals surface area contributed by atoms with Gasteiger partial charge in [-0.25, -0.2) is 5.43 Å². The van der Waals surface area contributed by atoms with Gasteiger partial charge in [0.2, 0.25) is 0 Å². The van der Waals surface area contributed by atoms with Gasteiger partial charge in [-0.1, -0.05) is 32.9 Å². The van der Waals surface area contributed by atoms with Crippen molar-refractivity contribution in [2.45, 2.75) is 26.2 Å². The number of hydrogen-bond acceptors (Lipinski definition) is 3. The highest BCUT2D eigenvalue weighted by Crippen LogP contribution is 2.22. The van der Waals surface area contributed by atoms with Crippen LogP contribution in [-0.4, -0.2) is 12.1 Å². The molecule has 1 aromatic heterocycles. The summed E-state index contributed by atoms with van der Waals surface area (Å²) in [4.78, 5) is 11.9.